The summed E-state index contributed by atoms with van der Waals surface area (Å²) in [7, 11) is 2.30. The van der Waals surface area contributed by atoms with Crippen molar-refractivity contribution in [3.05, 3.63) is 0 Å². The molecule has 0 aromatic rings. The Morgan fingerprint density at radius 1 is 1.33 bits per heavy atom. The average Bonchev–Trinajstić information content (AvgIpc) is 2.98. The van der Waals surface area contributed by atoms with Gasteiger partial charge in [0, 0.05) is 12.6 Å². The Labute approximate surface area is 94.2 Å². The normalized spacial score (nSPS) is 34.4. The molecule has 0 aliphatic heterocycles. The Morgan fingerprint density at radius 3 is 2.60 bits per heavy atom. The monoisotopic (exact) mass is 210 g/mol. The predicted octanol–water partition coefficient (Wildman–Crippen LogP) is 2.24. The SMILES string of the molecule is CC1CCCC(N(C)CC2(CN)CC2)C1. The van der Waals surface area contributed by atoms with E-state index in [1.54, 1.807) is 0 Å². The summed E-state index contributed by atoms with van der Waals surface area (Å²) in [5.41, 5.74) is 6.36. The summed E-state index contributed by atoms with van der Waals surface area (Å²) >= 11 is 0. The minimum Gasteiger partial charge on any atom is -0.330 e. The van der Waals surface area contributed by atoms with E-state index in [0.29, 0.717) is 5.41 Å². The summed E-state index contributed by atoms with van der Waals surface area (Å²) in [5, 5.41) is 0. The highest BCUT2D eigenvalue weighted by Gasteiger charge is 2.42. The second-order valence-electron chi connectivity index (χ2n) is 6.04. The van der Waals surface area contributed by atoms with Crippen molar-refractivity contribution in [2.75, 3.05) is 20.1 Å². The fourth-order valence-corrected chi connectivity index (χ4v) is 3.06. The van der Waals surface area contributed by atoms with Gasteiger partial charge in [-0.3, -0.25) is 0 Å². The molecule has 2 aliphatic carbocycles. The third-order valence-corrected chi connectivity index (χ3v) is 4.51. The fourth-order valence-electron chi connectivity index (χ4n) is 3.06. The maximum absolute atomic E-state index is 5.85. The van der Waals surface area contributed by atoms with E-state index in [1.165, 1.54) is 45.1 Å². The molecule has 0 saturated heterocycles. The minimum absolute atomic E-state index is 0.509. The van der Waals surface area contributed by atoms with E-state index in [9.17, 15) is 0 Å². The maximum atomic E-state index is 5.85. The van der Waals surface area contributed by atoms with Gasteiger partial charge in [0.1, 0.15) is 0 Å². The molecule has 0 heterocycles. The molecular weight excluding hydrogens is 184 g/mol. The molecule has 2 nitrogen and oxygen atoms in total. The van der Waals surface area contributed by atoms with Crippen molar-refractivity contribution in [2.24, 2.45) is 17.1 Å². The zero-order chi connectivity index (χ0) is 10.9. The van der Waals surface area contributed by atoms with Gasteiger partial charge in [-0.1, -0.05) is 19.8 Å². The first-order valence-electron chi connectivity index (χ1n) is 6.55. The van der Waals surface area contributed by atoms with Crippen LogP contribution in [0, 0.1) is 11.3 Å². The third kappa shape index (κ3) is 2.73. The summed E-state index contributed by atoms with van der Waals surface area (Å²) in [4.78, 5) is 2.59. The molecule has 0 aromatic heterocycles. The Balaban J connectivity index is 1.82. The van der Waals surface area contributed by atoms with Gasteiger partial charge in [-0.25, -0.2) is 0 Å². The van der Waals surface area contributed by atoms with Crippen LogP contribution >= 0.6 is 0 Å². The highest BCUT2D eigenvalue weighted by molar-refractivity contribution is 4.97. The molecule has 2 unspecified atom stereocenters. The lowest BCUT2D eigenvalue weighted by Gasteiger charge is -2.36. The van der Waals surface area contributed by atoms with Crippen LogP contribution in [0.5, 0.6) is 0 Å². The highest BCUT2D eigenvalue weighted by Crippen LogP contribution is 2.45. The summed E-state index contributed by atoms with van der Waals surface area (Å²) in [6, 6.07) is 0.831. The van der Waals surface area contributed by atoms with Gasteiger partial charge < -0.3 is 10.6 Å². The minimum atomic E-state index is 0.509. The van der Waals surface area contributed by atoms with Gasteiger partial charge in [0.05, 0.1) is 0 Å². The standard InChI is InChI=1S/C13H26N2/c1-11-4-3-5-12(8-11)15(2)10-13(9-14)6-7-13/h11-12H,3-10,14H2,1-2H3. The number of nitrogens with two attached hydrogens (primary N) is 1. The second kappa shape index (κ2) is 4.42. The van der Waals surface area contributed by atoms with Crippen LogP contribution in [0.25, 0.3) is 0 Å². The molecule has 2 rings (SSSR count). The lowest BCUT2D eigenvalue weighted by molar-refractivity contribution is 0.139. The van der Waals surface area contributed by atoms with Crippen molar-refractivity contribution in [3.8, 4) is 0 Å². The summed E-state index contributed by atoms with van der Waals surface area (Å²) in [6.07, 6.45) is 8.38. The molecule has 2 heteroatoms. The number of rotatable bonds is 4. The van der Waals surface area contributed by atoms with Crippen LogP contribution in [-0.2, 0) is 0 Å². The van der Waals surface area contributed by atoms with Crippen molar-refractivity contribution in [2.45, 2.75) is 51.5 Å². The summed E-state index contributed by atoms with van der Waals surface area (Å²) in [6.45, 7) is 4.52. The second-order valence-corrected chi connectivity index (χ2v) is 6.04. The largest absolute Gasteiger partial charge is 0.330 e. The predicted molar refractivity (Wildman–Crippen MR) is 64.8 cm³/mol. The van der Waals surface area contributed by atoms with E-state index < -0.39 is 0 Å². The molecule has 2 fully saturated rings. The smallest absolute Gasteiger partial charge is 0.00949 e. The molecule has 2 N–H and O–H groups in total. The zero-order valence-electron chi connectivity index (χ0n) is 10.3. The van der Waals surface area contributed by atoms with Gasteiger partial charge in [0.2, 0.25) is 0 Å². The lowest BCUT2D eigenvalue weighted by Crippen LogP contribution is -2.40. The van der Waals surface area contributed by atoms with Crippen molar-refractivity contribution in [1.82, 2.24) is 4.90 Å². The Hall–Kier alpha value is -0.0800. The van der Waals surface area contributed by atoms with Gasteiger partial charge in [0.15, 0.2) is 0 Å². The van der Waals surface area contributed by atoms with Crippen LogP contribution in [0.2, 0.25) is 0 Å². The molecule has 15 heavy (non-hydrogen) atoms. The van der Waals surface area contributed by atoms with Crippen molar-refractivity contribution >= 4 is 0 Å². The average molecular weight is 210 g/mol. The molecule has 2 saturated carbocycles. The van der Waals surface area contributed by atoms with E-state index in [2.05, 4.69) is 18.9 Å². The molecule has 2 atom stereocenters. The van der Waals surface area contributed by atoms with E-state index in [1.807, 2.05) is 0 Å². The molecule has 0 amide bonds. The summed E-state index contributed by atoms with van der Waals surface area (Å²) in [5.74, 6) is 0.930. The van der Waals surface area contributed by atoms with E-state index >= 15 is 0 Å². The Bertz CT molecular complexity index is 211. The molecule has 2 aliphatic rings. The van der Waals surface area contributed by atoms with Crippen LogP contribution in [0.3, 0.4) is 0 Å². The van der Waals surface area contributed by atoms with Crippen LogP contribution in [0.1, 0.15) is 45.4 Å². The Morgan fingerprint density at radius 2 is 2.07 bits per heavy atom. The highest BCUT2D eigenvalue weighted by atomic mass is 15.1. The molecule has 0 radical (unpaired) electrons. The molecule has 0 aromatic carbocycles. The molecule has 0 bridgehead atoms. The fraction of sp³-hybridized carbons (Fsp3) is 1.00. The van der Waals surface area contributed by atoms with Gasteiger partial charge >= 0.3 is 0 Å². The third-order valence-electron chi connectivity index (χ3n) is 4.51. The lowest BCUT2D eigenvalue weighted by atomic mass is 9.86. The molecule has 88 valence electrons. The topological polar surface area (TPSA) is 29.3 Å². The summed E-state index contributed by atoms with van der Waals surface area (Å²) < 4.78 is 0. The van der Waals surface area contributed by atoms with Crippen LogP contribution in [0.4, 0.5) is 0 Å². The number of nitrogens with zero attached hydrogens (tertiary/aromatic N) is 1. The van der Waals surface area contributed by atoms with Gasteiger partial charge in [-0.15, -0.1) is 0 Å². The van der Waals surface area contributed by atoms with Crippen molar-refractivity contribution in [3.63, 3.8) is 0 Å². The molecule has 0 spiro atoms. The van der Waals surface area contributed by atoms with E-state index in [-0.39, 0.29) is 0 Å². The maximum Gasteiger partial charge on any atom is 0.00949 e. The number of hydrogen-bond donors (Lipinski definition) is 1. The van der Waals surface area contributed by atoms with E-state index in [4.69, 9.17) is 5.73 Å². The van der Waals surface area contributed by atoms with Gasteiger partial charge in [0.25, 0.3) is 0 Å². The zero-order valence-corrected chi connectivity index (χ0v) is 10.3. The molecular formula is C13H26N2. The first-order valence-corrected chi connectivity index (χ1v) is 6.55. The van der Waals surface area contributed by atoms with Crippen molar-refractivity contribution < 1.29 is 0 Å². The van der Waals surface area contributed by atoms with Gasteiger partial charge in [-0.2, -0.15) is 0 Å². The van der Waals surface area contributed by atoms with E-state index in [0.717, 1.165) is 18.5 Å². The van der Waals surface area contributed by atoms with Crippen LogP contribution in [0.15, 0.2) is 0 Å². The van der Waals surface area contributed by atoms with Crippen LogP contribution in [-0.4, -0.2) is 31.1 Å². The van der Waals surface area contributed by atoms with Gasteiger partial charge in [-0.05, 0) is 50.6 Å². The Kier molecular flexibility index (Phi) is 3.36. The quantitative estimate of drug-likeness (QED) is 0.771. The first kappa shape index (κ1) is 11.4. The first-order chi connectivity index (χ1) is 7.15. The van der Waals surface area contributed by atoms with Crippen LogP contribution < -0.4 is 5.73 Å². The van der Waals surface area contributed by atoms with Crippen molar-refractivity contribution in [1.29, 1.82) is 0 Å². The number of hydrogen-bond acceptors (Lipinski definition) is 2.